The fourth-order valence-electron chi connectivity index (χ4n) is 2.18. The van der Waals surface area contributed by atoms with Crippen molar-refractivity contribution in [2.75, 3.05) is 13.6 Å². The molecule has 1 amide bonds. The van der Waals surface area contributed by atoms with Crippen LogP contribution in [0.15, 0.2) is 30.3 Å². The maximum atomic E-state index is 12.1. The summed E-state index contributed by atoms with van der Waals surface area (Å²) in [5, 5.41) is 8.59. The average Bonchev–Trinajstić information content (AvgIpc) is 2.44. The summed E-state index contributed by atoms with van der Waals surface area (Å²) in [4.78, 5) is 24.2. The Morgan fingerprint density at radius 2 is 1.90 bits per heavy atom. The van der Waals surface area contributed by atoms with E-state index in [-0.39, 0.29) is 18.2 Å². The van der Waals surface area contributed by atoms with Gasteiger partial charge >= 0.3 is 5.97 Å². The minimum absolute atomic E-state index is 0.0751. The van der Waals surface area contributed by atoms with Crippen LogP contribution in [-0.4, -0.2) is 35.5 Å². The van der Waals surface area contributed by atoms with Gasteiger partial charge in [0.25, 0.3) is 0 Å². The summed E-state index contributed by atoms with van der Waals surface area (Å²) in [5.74, 6) is -0.515. The van der Waals surface area contributed by atoms with E-state index in [9.17, 15) is 9.59 Å². The summed E-state index contributed by atoms with van der Waals surface area (Å²) in [7, 11) is 1.74. The van der Waals surface area contributed by atoms with Crippen LogP contribution < -0.4 is 0 Å². The van der Waals surface area contributed by atoms with E-state index in [1.807, 2.05) is 30.3 Å². The second-order valence-corrected chi connectivity index (χ2v) is 5.03. The van der Waals surface area contributed by atoms with Crippen molar-refractivity contribution in [3.05, 3.63) is 35.9 Å². The van der Waals surface area contributed by atoms with Crippen molar-refractivity contribution in [3.63, 3.8) is 0 Å². The lowest BCUT2D eigenvalue weighted by atomic mass is 9.93. The van der Waals surface area contributed by atoms with Gasteiger partial charge in [0.2, 0.25) is 5.91 Å². The van der Waals surface area contributed by atoms with Crippen molar-refractivity contribution in [2.45, 2.75) is 38.5 Å². The van der Waals surface area contributed by atoms with Gasteiger partial charge in [-0.25, -0.2) is 0 Å². The van der Waals surface area contributed by atoms with Gasteiger partial charge in [0.05, 0.1) is 0 Å². The van der Waals surface area contributed by atoms with Crippen molar-refractivity contribution in [1.82, 2.24) is 4.90 Å². The van der Waals surface area contributed by atoms with E-state index in [2.05, 4.69) is 6.92 Å². The Morgan fingerprint density at radius 3 is 2.45 bits per heavy atom. The number of carbonyl (C=O) groups is 2. The molecule has 0 aliphatic carbocycles. The van der Waals surface area contributed by atoms with E-state index in [0.717, 1.165) is 6.42 Å². The average molecular weight is 277 g/mol. The molecule has 1 unspecified atom stereocenters. The third kappa shape index (κ3) is 5.43. The van der Waals surface area contributed by atoms with Gasteiger partial charge in [0.15, 0.2) is 0 Å². The standard InChI is InChI=1S/C16H23NO3/c1-3-13(14-8-5-4-6-9-14)12-15(18)17(2)11-7-10-16(19)20/h4-6,8-9,13H,3,7,10-12H2,1-2H3,(H,19,20). The second-order valence-electron chi connectivity index (χ2n) is 5.03. The zero-order valence-electron chi connectivity index (χ0n) is 12.2. The molecule has 0 aliphatic heterocycles. The monoisotopic (exact) mass is 277 g/mol. The number of amides is 1. The van der Waals surface area contributed by atoms with Crippen LogP contribution in [0.3, 0.4) is 0 Å². The highest BCUT2D eigenvalue weighted by Crippen LogP contribution is 2.23. The molecule has 0 saturated heterocycles. The van der Waals surface area contributed by atoms with E-state index in [4.69, 9.17) is 5.11 Å². The summed E-state index contributed by atoms with van der Waals surface area (Å²) in [6, 6.07) is 10.0. The van der Waals surface area contributed by atoms with Crippen molar-refractivity contribution >= 4 is 11.9 Å². The van der Waals surface area contributed by atoms with Crippen LogP contribution in [0.2, 0.25) is 0 Å². The Labute approximate surface area is 120 Å². The molecule has 1 N–H and O–H groups in total. The van der Waals surface area contributed by atoms with Crippen LogP contribution in [0, 0.1) is 0 Å². The number of aliphatic carboxylic acids is 1. The largest absolute Gasteiger partial charge is 0.481 e. The molecule has 0 bridgehead atoms. The Morgan fingerprint density at radius 1 is 1.25 bits per heavy atom. The second kappa shape index (κ2) is 8.35. The minimum Gasteiger partial charge on any atom is -0.481 e. The van der Waals surface area contributed by atoms with E-state index < -0.39 is 5.97 Å². The maximum absolute atomic E-state index is 12.1. The highest BCUT2D eigenvalue weighted by molar-refractivity contribution is 5.77. The minimum atomic E-state index is -0.818. The predicted octanol–water partition coefficient (Wildman–Crippen LogP) is 2.89. The quantitative estimate of drug-likeness (QED) is 0.795. The number of rotatable bonds is 8. The molecule has 1 aromatic rings. The molecule has 0 aromatic heterocycles. The fourth-order valence-corrected chi connectivity index (χ4v) is 2.18. The summed E-state index contributed by atoms with van der Waals surface area (Å²) < 4.78 is 0. The molecule has 20 heavy (non-hydrogen) atoms. The molecular formula is C16H23NO3. The van der Waals surface area contributed by atoms with Crippen LogP contribution >= 0.6 is 0 Å². The van der Waals surface area contributed by atoms with Gasteiger partial charge in [0.1, 0.15) is 0 Å². The number of hydrogen-bond donors (Lipinski definition) is 1. The maximum Gasteiger partial charge on any atom is 0.303 e. The normalized spacial score (nSPS) is 11.9. The highest BCUT2D eigenvalue weighted by Gasteiger charge is 2.17. The first kappa shape index (κ1) is 16.2. The number of benzene rings is 1. The number of carboxylic acids is 1. The third-order valence-electron chi connectivity index (χ3n) is 3.49. The molecule has 1 aromatic carbocycles. The fraction of sp³-hybridized carbons (Fsp3) is 0.500. The van der Waals surface area contributed by atoms with E-state index >= 15 is 0 Å². The number of hydrogen-bond acceptors (Lipinski definition) is 2. The Kier molecular flexibility index (Phi) is 6.77. The number of carbonyl (C=O) groups excluding carboxylic acids is 1. The van der Waals surface area contributed by atoms with Gasteiger partial charge in [0, 0.05) is 26.4 Å². The molecule has 4 nitrogen and oxygen atoms in total. The smallest absolute Gasteiger partial charge is 0.303 e. The SMILES string of the molecule is CCC(CC(=O)N(C)CCCC(=O)O)c1ccccc1. The molecule has 4 heteroatoms. The predicted molar refractivity (Wildman–Crippen MR) is 78.6 cm³/mol. The number of carboxylic acid groups (broad SMARTS) is 1. The third-order valence-corrected chi connectivity index (χ3v) is 3.49. The molecule has 1 rings (SSSR count). The Hall–Kier alpha value is -1.84. The van der Waals surface area contributed by atoms with Gasteiger partial charge in [-0.1, -0.05) is 37.3 Å². The van der Waals surface area contributed by atoms with E-state index in [1.54, 1.807) is 11.9 Å². The Bertz CT molecular complexity index is 431. The van der Waals surface area contributed by atoms with Crippen molar-refractivity contribution in [2.24, 2.45) is 0 Å². The molecule has 0 heterocycles. The van der Waals surface area contributed by atoms with Crippen molar-refractivity contribution in [3.8, 4) is 0 Å². The van der Waals surface area contributed by atoms with Gasteiger partial charge < -0.3 is 10.0 Å². The first-order valence-electron chi connectivity index (χ1n) is 7.05. The first-order valence-corrected chi connectivity index (χ1v) is 7.05. The molecule has 0 aliphatic rings. The lowest BCUT2D eigenvalue weighted by Gasteiger charge is -2.21. The molecule has 0 saturated carbocycles. The topological polar surface area (TPSA) is 57.6 Å². The van der Waals surface area contributed by atoms with Crippen LogP contribution in [0.5, 0.6) is 0 Å². The van der Waals surface area contributed by atoms with E-state index in [1.165, 1.54) is 5.56 Å². The van der Waals surface area contributed by atoms with E-state index in [0.29, 0.717) is 19.4 Å². The first-order chi connectivity index (χ1) is 9.54. The molecule has 0 fully saturated rings. The van der Waals surface area contributed by atoms with Crippen LogP contribution in [0.1, 0.15) is 44.1 Å². The lowest BCUT2D eigenvalue weighted by molar-refractivity contribution is -0.138. The summed E-state index contributed by atoms with van der Waals surface area (Å²) in [6.45, 7) is 2.58. The van der Waals surface area contributed by atoms with Crippen molar-refractivity contribution in [1.29, 1.82) is 0 Å². The van der Waals surface area contributed by atoms with Gasteiger partial charge in [-0.2, -0.15) is 0 Å². The summed E-state index contributed by atoms with van der Waals surface area (Å²) >= 11 is 0. The van der Waals surface area contributed by atoms with Gasteiger partial charge in [-0.3, -0.25) is 9.59 Å². The van der Waals surface area contributed by atoms with Crippen molar-refractivity contribution < 1.29 is 14.7 Å². The summed E-state index contributed by atoms with van der Waals surface area (Å²) in [6.07, 6.45) is 2.00. The molecule has 1 atom stereocenters. The van der Waals surface area contributed by atoms with Crippen LogP contribution in [-0.2, 0) is 9.59 Å². The zero-order chi connectivity index (χ0) is 15.0. The lowest BCUT2D eigenvalue weighted by Crippen LogP contribution is -2.29. The zero-order valence-corrected chi connectivity index (χ0v) is 12.2. The van der Waals surface area contributed by atoms with Crippen LogP contribution in [0.4, 0.5) is 0 Å². The Balaban J connectivity index is 2.48. The molecular weight excluding hydrogens is 254 g/mol. The number of nitrogens with zero attached hydrogens (tertiary/aromatic N) is 1. The molecule has 0 radical (unpaired) electrons. The van der Waals surface area contributed by atoms with Gasteiger partial charge in [-0.15, -0.1) is 0 Å². The molecule has 110 valence electrons. The van der Waals surface area contributed by atoms with Crippen LogP contribution in [0.25, 0.3) is 0 Å². The highest BCUT2D eigenvalue weighted by atomic mass is 16.4. The molecule has 0 spiro atoms. The summed E-state index contributed by atoms with van der Waals surface area (Å²) in [5.41, 5.74) is 1.18. The van der Waals surface area contributed by atoms with Gasteiger partial charge in [-0.05, 0) is 24.3 Å².